The number of hydrogen-bond donors (Lipinski definition) is 2. The van der Waals surface area contributed by atoms with Crippen molar-refractivity contribution >= 4 is 28.6 Å². The van der Waals surface area contributed by atoms with Gasteiger partial charge in [-0.2, -0.15) is 0 Å². The number of hydrogen-bond acceptors (Lipinski definition) is 3. The van der Waals surface area contributed by atoms with Gasteiger partial charge in [-0.25, -0.2) is 0 Å². The molecule has 0 spiro atoms. The van der Waals surface area contributed by atoms with Crippen molar-refractivity contribution in [2.75, 3.05) is 5.32 Å². The molecule has 1 aromatic heterocycles. The number of phenols is 1. The van der Waals surface area contributed by atoms with Crippen molar-refractivity contribution in [1.29, 1.82) is 0 Å². The molecule has 0 saturated carbocycles. The molecule has 4 heteroatoms. The zero-order valence-corrected chi connectivity index (χ0v) is 9.48. The zero-order chi connectivity index (χ0) is 10.7. The van der Waals surface area contributed by atoms with Gasteiger partial charge in [-0.15, -0.1) is 11.3 Å². The fourth-order valence-electron chi connectivity index (χ4n) is 1.22. The summed E-state index contributed by atoms with van der Waals surface area (Å²) in [6.07, 6.45) is 0. The minimum Gasteiger partial charge on any atom is -0.508 e. The molecule has 1 aromatic carbocycles. The molecule has 0 aliphatic heterocycles. The third kappa shape index (κ3) is 2.88. The molecule has 78 valence electrons. The zero-order valence-electron chi connectivity index (χ0n) is 7.90. The Balaban J connectivity index is 1.96. The molecule has 15 heavy (non-hydrogen) atoms. The summed E-state index contributed by atoms with van der Waals surface area (Å²) >= 11 is 7.38. The van der Waals surface area contributed by atoms with Crippen LogP contribution < -0.4 is 5.32 Å². The number of halogens is 1. The normalized spacial score (nSPS) is 10.2. The lowest BCUT2D eigenvalue weighted by molar-refractivity contribution is 0.475. The number of rotatable bonds is 3. The van der Waals surface area contributed by atoms with E-state index in [1.165, 1.54) is 4.88 Å². The molecular weight excluding hydrogens is 230 g/mol. The highest BCUT2D eigenvalue weighted by Gasteiger charge is 1.97. The highest BCUT2D eigenvalue weighted by molar-refractivity contribution is 7.16. The maximum absolute atomic E-state index is 9.10. The van der Waals surface area contributed by atoms with Gasteiger partial charge in [-0.1, -0.05) is 11.6 Å². The minimum absolute atomic E-state index is 0.278. The van der Waals surface area contributed by atoms with Crippen LogP contribution in [-0.4, -0.2) is 5.11 Å². The summed E-state index contributed by atoms with van der Waals surface area (Å²) in [5.41, 5.74) is 0.984. The van der Waals surface area contributed by atoms with E-state index in [1.807, 2.05) is 24.3 Å². The molecule has 0 saturated heterocycles. The maximum Gasteiger partial charge on any atom is 0.115 e. The largest absolute Gasteiger partial charge is 0.508 e. The van der Waals surface area contributed by atoms with Crippen molar-refractivity contribution in [3.63, 3.8) is 0 Å². The molecule has 2 aromatic rings. The topological polar surface area (TPSA) is 32.3 Å². The van der Waals surface area contributed by atoms with Gasteiger partial charge in [-0.05, 0) is 36.4 Å². The predicted molar refractivity (Wildman–Crippen MR) is 64.8 cm³/mol. The van der Waals surface area contributed by atoms with E-state index in [1.54, 1.807) is 23.5 Å². The fraction of sp³-hybridized carbons (Fsp3) is 0.0909. The molecule has 0 aliphatic rings. The summed E-state index contributed by atoms with van der Waals surface area (Å²) in [4.78, 5) is 1.19. The van der Waals surface area contributed by atoms with E-state index in [0.29, 0.717) is 0 Å². The van der Waals surface area contributed by atoms with Crippen molar-refractivity contribution in [3.05, 3.63) is 45.6 Å². The number of anilines is 1. The Kier molecular flexibility index (Phi) is 3.14. The van der Waals surface area contributed by atoms with Gasteiger partial charge >= 0.3 is 0 Å². The second-order valence-electron chi connectivity index (χ2n) is 3.11. The molecule has 0 atom stereocenters. The monoisotopic (exact) mass is 239 g/mol. The summed E-state index contributed by atoms with van der Waals surface area (Å²) in [6.45, 7) is 0.752. The van der Waals surface area contributed by atoms with E-state index in [4.69, 9.17) is 16.7 Å². The summed E-state index contributed by atoms with van der Waals surface area (Å²) in [6, 6.07) is 10.9. The van der Waals surface area contributed by atoms with Gasteiger partial charge in [0.25, 0.3) is 0 Å². The van der Waals surface area contributed by atoms with Crippen LogP contribution in [0, 0.1) is 0 Å². The lowest BCUT2D eigenvalue weighted by Gasteiger charge is -2.04. The minimum atomic E-state index is 0.278. The van der Waals surface area contributed by atoms with Crippen LogP contribution in [0.5, 0.6) is 5.75 Å². The van der Waals surface area contributed by atoms with Crippen LogP contribution in [0.3, 0.4) is 0 Å². The number of phenolic OH excluding ortho intramolecular Hbond substituents is 1. The Labute approximate surface area is 97.1 Å². The summed E-state index contributed by atoms with van der Waals surface area (Å²) in [7, 11) is 0. The number of aromatic hydroxyl groups is 1. The molecule has 0 radical (unpaired) electrons. The highest BCUT2D eigenvalue weighted by atomic mass is 35.5. The Hall–Kier alpha value is -1.19. The van der Waals surface area contributed by atoms with E-state index in [-0.39, 0.29) is 5.75 Å². The van der Waals surface area contributed by atoms with Gasteiger partial charge in [0.05, 0.1) is 4.34 Å². The lowest BCUT2D eigenvalue weighted by atomic mass is 10.3. The molecule has 1 heterocycles. The van der Waals surface area contributed by atoms with Crippen molar-refractivity contribution in [3.8, 4) is 5.75 Å². The second-order valence-corrected chi connectivity index (χ2v) is 4.91. The van der Waals surface area contributed by atoms with Crippen molar-refractivity contribution in [2.24, 2.45) is 0 Å². The highest BCUT2D eigenvalue weighted by Crippen LogP contribution is 2.22. The van der Waals surface area contributed by atoms with Crippen LogP contribution in [0.1, 0.15) is 4.88 Å². The summed E-state index contributed by atoms with van der Waals surface area (Å²) in [5.74, 6) is 0.278. The van der Waals surface area contributed by atoms with Crippen LogP contribution in [-0.2, 0) is 6.54 Å². The molecular formula is C11H10ClNOS. The smallest absolute Gasteiger partial charge is 0.115 e. The first-order valence-electron chi connectivity index (χ1n) is 4.51. The van der Waals surface area contributed by atoms with Gasteiger partial charge in [0, 0.05) is 17.1 Å². The first-order chi connectivity index (χ1) is 7.24. The van der Waals surface area contributed by atoms with Crippen molar-refractivity contribution < 1.29 is 5.11 Å². The number of benzene rings is 1. The Morgan fingerprint density at radius 2 is 1.87 bits per heavy atom. The predicted octanol–water partition coefficient (Wildman–Crippen LogP) is 3.72. The summed E-state index contributed by atoms with van der Waals surface area (Å²) in [5, 5.41) is 12.3. The van der Waals surface area contributed by atoms with E-state index >= 15 is 0 Å². The quantitative estimate of drug-likeness (QED) is 0.801. The lowest BCUT2D eigenvalue weighted by Crippen LogP contribution is -1.96. The molecule has 0 aliphatic carbocycles. The first kappa shape index (κ1) is 10.3. The molecule has 2 rings (SSSR count). The average Bonchev–Trinajstić information content (AvgIpc) is 2.64. The van der Waals surface area contributed by atoms with Crippen molar-refractivity contribution in [1.82, 2.24) is 0 Å². The van der Waals surface area contributed by atoms with Crippen LogP contribution in [0.25, 0.3) is 0 Å². The molecule has 2 N–H and O–H groups in total. The summed E-state index contributed by atoms with van der Waals surface area (Å²) < 4.78 is 0.803. The fourth-order valence-corrected chi connectivity index (χ4v) is 2.24. The molecule has 0 unspecified atom stereocenters. The van der Waals surface area contributed by atoms with Gasteiger partial charge in [0.15, 0.2) is 0 Å². The SMILES string of the molecule is Oc1ccc(NCc2ccc(Cl)s2)cc1. The first-order valence-corrected chi connectivity index (χ1v) is 5.70. The van der Waals surface area contributed by atoms with Crippen LogP contribution in [0.4, 0.5) is 5.69 Å². The maximum atomic E-state index is 9.10. The number of nitrogens with one attached hydrogen (secondary N) is 1. The third-order valence-electron chi connectivity index (χ3n) is 1.96. The van der Waals surface area contributed by atoms with Gasteiger partial charge in [0.1, 0.15) is 5.75 Å². The third-order valence-corrected chi connectivity index (χ3v) is 3.19. The van der Waals surface area contributed by atoms with Crippen LogP contribution >= 0.6 is 22.9 Å². The van der Waals surface area contributed by atoms with E-state index < -0.39 is 0 Å². The van der Waals surface area contributed by atoms with E-state index in [9.17, 15) is 0 Å². The molecule has 0 amide bonds. The Bertz CT molecular complexity index is 438. The Morgan fingerprint density at radius 1 is 1.13 bits per heavy atom. The van der Waals surface area contributed by atoms with E-state index in [0.717, 1.165) is 16.6 Å². The van der Waals surface area contributed by atoms with E-state index in [2.05, 4.69) is 5.32 Å². The standard InChI is InChI=1S/C11H10ClNOS/c12-11-6-5-10(15-11)7-13-8-1-3-9(14)4-2-8/h1-6,13-14H,7H2. The van der Waals surface area contributed by atoms with Crippen LogP contribution in [0.2, 0.25) is 4.34 Å². The van der Waals surface area contributed by atoms with Gasteiger partial charge < -0.3 is 10.4 Å². The Morgan fingerprint density at radius 3 is 2.47 bits per heavy atom. The molecule has 0 bridgehead atoms. The van der Waals surface area contributed by atoms with Crippen molar-refractivity contribution in [2.45, 2.75) is 6.54 Å². The van der Waals surface area contributed by atoms with Gasteiger partial charge in [-0.3, -0.25) is 0 Å². The average molecular weight is 240 g/mol. The molecule has 2 nitrogen and oxygen atoms in total. The molecule has 0 fully saturated rings. The van der Waals surface area contributed by atoms with Crippen LogP contribution in [0.15, 0.2) is 36.4 Å². The number of thiophene rings is 1. The second kappa shape index (κ2) is 4.55. The van der Waals surface area contributed by atoms with Gasteiger partial charge in [0.2, 0.25) is 0 Å².